The molecule has 3 amide bonds. The number of fused-ring (bicyclic) bond motifs is 2. The van der Waals surface area contributed by atoms with Crippen molar-refractivity contribution >= 4 is 35.2 Å². The van der Waals surface area contributed by atoms with E-state index >= 15 is 0 Å². The third kappa shape index (κ3) is 3.91. The number of aliphatic hydroxyl groups excluding tert-OH is 1. The lowest BCUT2D eigenvalue weighted by molar-refractivity contribution is -0.143. The Morgan fingerprint density at radius 1 is 1.00 bits per heavy atom. The molecule has 0 aromatic heterocycles. The molecule has 5 atom stereocenters. The van der Waals surface area contributed by atoms with Crippen LogP contribution in [-0.4, -0.2) is 81.5 Å². The first kappa shape index (κ1) is 24.1. The molecular weight excluding hydrogens is 462 g/mol. The van der Waals surface area contributed by atoms with Crippen molar-refractivity contribution in [2.24, 2.45) is 11.8 Å². The Kier molecular flexibility index (Phi) is 6.77. The van der Waals surface area contributed by atoms with Gasteiger partial charge in [0, 0.05) is 37.1 Å². The van der Waals surface area contributed by atoms with Crippen LogP contribution in [0, 0.1) is 11.8 Å². The number of thioether (sulfide) groups is 1. The minimum Gasteiger partial charge on any atom is -0.395 e. The fourth-order valence-electron chi connectivity index (χ4n) is 6.12. The highest BCUT2D eigenvalue weighted by atomic mass is 32.2. The summed E-state index contributed by atoms with van der Waals surface area (Å²) in [4.78, 5) is 47.0. The normalized spacial score (nSPS) is 31.9. The Morgan fingerprint density at radius 2 is 1.80 bits per heavy atom. The van der Waals surface area contributed by atoms with Crippen molar-refractivity contribution in [2.45, 2.75) is 42.2 Å². The number of hydrogen-bond donors (Lipinski definition) is 1. The number of carbonyl (C=O) groups excluding carboxylic acids is 3. The lowest BCUT2D eigenvalue weighted by atomic mass is 9.78. The molecule has 1 spiro atoms. The Balaban J connectivity index is 1.54. The zero-order valence-corrected chi connectivity index (χ0v) is 20.9. The van der Waals surface area contributed by atoms with E-state index in [1.807, 2.05) is 59.5 Å². The fourth-order valence-corrected chi connectivity index (χ4v) is 8.13. The van der Waals surface area contributed by atoms with E-state index in [9.17, 15) is 19.5 Å². The topological polar surface area (TPSA) is 81.2 Å². The number of anilines is 1. The van der Waals surface area contributed by atoms with Crippen LogP contribution in [-0.2, 0) is 14.4 Å². The second-order valence-electron chi connectivity index (χ2n) is 9.70. The number of benzene rings is 1. The van der Waals surface area contributed by atoms with Crippen molar-refractivity contribution in [3.8, 4) is 0 Å². The number of unbranched alkanes of at least 4 members (excludes halogenated alkanes) is 2. The van der Waals surface area contributed by atoms with Crippen molar-refractivity contribution in [1.82, 2.24) is 9.80 Å². The second-order valence-corrected chi connectivity index (χ2v) is 11.2. The molecule has 0 aliphatic carbocycles. The first-order chi connectivity index (χ1) is 17.0. The number of likely N-dealkylation sites (tertiary alicyclic amines) is 1. The van der Waals surface area contributed by atoms with E-state index in [4.69, 9.17) is 0 Å². The summed E-state index contributed by atoms with van der Waals surface area (Å²) in [5.41, 5.74) is 0.803. The monoisotopic (exact) mass is 495 g/mol. The Hall–Kier alpha value is -2.58. The molecule has 2 saturated heterocycles. The third-order valence-electron chi connectivity index (χ3n) is 7.68. The zero-order valence-electron chi connectivity index (χ0n) is 20.1. The Labute approximate surface area is 210 Å². The van der Waals surface area contributed by atoms with Crippen molar-refractivity contribution in [2.75, 3.05) is 37.7 Å². The molecule has 186 valence electrons. The fraction of sp³-hybridized carbons (Fsp3) is 0.519. The maximum Gasteiger partial charge on any atom is 0.247 e. The highest BCUT2D eigenvalue weighted by molar-refractivity contribution is 8.02. The van der Waals surface area contributed by atoms with Crippen LogP contribution in [0.15, 0.2) is 54.6 Å². The smallest absolute Gasteiger partial charge is 0.247 e. The van der Waals surface area contributed by atoms with E-state index in [0.717, 1.165) is 24.9 Å². The maximum absolute atomic E-state index is 14.0. The summed E-state index contributed by atoms with van der Waals surface area (Å²) in [7, 11) is 0. The van der Waals surface area contributed by atoms with E-state index < -0.39 is 22.6 Å². The summed E-state index contributed by atoms with van der Waals surface area (Å²) in [6.07, 6.45) is 11.1. The molecule has 5 rings (SSSR count). The average Bonchev–Trinajstić information content (AvgIpc) is 3.17. The Morgan fingerprint density at radius 3 is 2.54 bits per heavy atom. The molecule has 1 aromatic carbocycles. The van der Waals surface area contributed by atoms with Crippen LogP contribution in [0.4, 0.5) is 5.69 Å². The molecule has 4 heterocycles. The van der Waals surface area contributed by atoms with Crippen molar-refractivity contribution in [3.63, 3.8) is 0 Å². The number of nitrogens with zero attached hydrogens (tertiary/aromatic N) is 3. The molecule has 8 heteroatoms. The highest BCUT2D eigenvalue weighted by Gasteiger charge is 2.70. The predicted molar refractivity (Wildman–Crippen MR) is 137 cm³/mol. The predicted octanol–water partition coefficient (Wildman–Crippen LogP) is 2.47. The molecule has 1 N–H and O–H groups in total. The average molecular weight is 496 g/mol. The van der Waals surface area contributed by atoms with Crippen molar-refractivity contribution in [1.29, 1.82) is 0 Å². The van der Waals surface area contributed by atoms with Gasteiger partial charge in [-0.25, -0.2) is 0 Å². The first-order valence-electron chi connectivity index (χ1n) is 12.6. The number of para-hydroxylation sites is 1. The van der Waals surface area contributed by atoms with E-state index in [0.29, 0.717) is 19.6 Å². The summed E-state index contributed by atoms with van der Waals surface area (Å²) in [6, 6.07) is 8.82. The van der Waals surface area contributed by atoms with Crippen LogP contribution < -0.4 is 4.90 Å². The summed E-state index contributed by atoms with van der Waals surface area (Å²) < 4.78 is -0.822. The molecule has 4 aliphatic heterocycles. The van der Waals surface area contributed by atoms with E-state index in [2.05, 4.69) is 6.92 Å². The molecule has 35 heavy (non-hydrogen) atoms. The van der Waals surface area contributed by atoms with Gasteiger partial charge in [-0.15, -0.1) is 11.8 Å². The summed E-state index contributed by atoms with van der Waals surface area (Å²) in [6.45, 7) is 3.60. The molecule has 0 radical (unpaired) electrons. The summed E-state index contributed by atoms with van der Waals surface area (Å²) >= 11 is 1.58. The number of hydrogen-bond acceptors (Lipinski definition) is 5. The minimum absolute atomic E-state index is 0.0734. The van der Waals surface area contributed by atoms with Gasteiger partial charge >= 0.3 is 0 Å². The van der Waals surface area contributed by atoms with E-state index in [-0.39, 0.29) is 36.1 Å². The zero-order chi connectivity index (χ0) is 24.6. The summed E-state index contributed by atoms with van der Waals surface area (Å²) in [5, 5.41) is 9.59. The molecule has 0 saturated carbocycles. The number of carbonyl (C=O) groups is 3. The Bertz CT molecular complexity index is 1040. The number of β-amino-alcohol motifs (C(OH)–C–C–N with tert-alkyl or cyclic N) is 1. The van der Waals surface area contributed by atoms with Gasteiger partial charge in [0.1, 0.15) is 6.04 Å². The quantitative estimate of drug-likeness (QED) is 0.464. The third-order valence-corrected chi connectivity index (χ3v) is 9.43. The number of amides is 3. The van der Waals surface area contributed by atoms with Crippen LogP contribution in [0.3, 0.4) is 0 Å². The van der Waals surface area contributed by atoms with E-state index in [1.54, 1.807) is 21.6 Å². The second kappa shape index (κ2) is 9.82. The van der Waals surface area contributed by atoms with Crippen LogP contribution in [0.1, 0.15) is 26.2 Å². The molecular formula is C27H33N3O4S. The van der Waals surface area contributed by atoms with Gasteiger partial charge in [-0.1, -0.05) is 62.3 Å². The van der Waals surface area contributed by atoms with E-state index in [1.165, 1.54) is 0 Å². The lowest BCUT2D eigenvalue weighted by Crippen LogP contribution is -2.53. The largest absolute Gasteiger partial charge is 0.395 e. The molecule has 1 aromatic rings. The molecule has 1 unspecified atom stereocenters. The lowest BCUT2D eigenvalue weighted by Gasteiger charge is -2.35. The van der Waals surface area contributed by atoms with Crippen molar-refractivity contribution < 1.29 is 19.5 Å². The molecule has 4 aliphatic rings. The van der Waals surface area contributed by atoms with Gasteiger partial charge in [-0.05, 0) is 18.6 Å². The van der Waals surface area contributed by atoms with Crippen LogP contribution in [0.5, 0.6) is 0 Å². The molecule has 2 fully saturated rings. The van der Waals surface area contributed by atoms with Crippen molar-refractivity contribution in [3.05, 3.63) is 54.6 Å². The maximum atomic E-state index is 14.0. The van der Waals surface area contributed by atoms with Gasteiger partial charge in [0.25, 0.3) is 0 Å². The van der Waals surface area contributed by atoms with Gasteiger partial charge < -0.3 is 19.8 Å². The summed E-state index contributed by atoms with van der Waals surface area (Å²) in [5.74, 6) is -1.57. The van der Waals surface area contributed by atoms with Crippen LogP contribution >= 0.6 is 11.8 Å². The van der Waals surface area contributed by atoms with Gasteiger partial charge in [0.15, 0.2) is 0 Å². The van der Waals surface area contributed by atoms with Crippen LogP contribution in [0.2, 0.25) is 0 Å². The highest BCUT2D eigenvalue weighted by Crippen LogP contribution is 2.61. The van der Waals surface area contributed by atoms with Crippen LogP contribution in [0.25, 0.3) is 0 Å². The first-order valence-corrected chi connectivity index (χ1v) is 13.5. The van der Waals surface area contributed by atoms with Gasteiger partial charge in [-0.2, -0.15) is 0 Å². The van der Waals surface area contributed by atoms with Gasteiger partial charge in [0.05, 0.1) is 23.2 Å². The standard InChI is InChI=1S/C27H33N3O4S/c1-2-3-7-14-28-15-9-13-27-22(25(33)30(17-18-31)23(27)26(28)34)21-20(35-27)12-8-16-29(24(21)32)19-10-5-4-6-11-19/h4-6,8-13,20-23,31H,2-3,7,14-18H2,1H3/t20-,21+,22-,23?,27-/m0/s1. The number of rotatable bonds is 7. The molecule has 0 bridgehead atoms. The van der Waals surface area contributed by atoms with Gasteiger partial charge in [-0.3, -0.25) is 14.4 Å². The van der Waals surface area contributed by atoms with Gasteiger partial charge in [0.2, 0.25) is 17.7 Å². The molecule has 7 nitrogen and oxygen atoms in total. The number of aliphatic hydroxyl groups is 1. The SMILES string of the molecule is CCCCCN1CC=C[C@]23S[C@H]4C=CCN(c5ccccc5)C(=O)[C@H]4[C@H]2C(=O)N(CCO)C3C1=O. The minimum atomic E-state index is -0.822.